The summed E-state index contributed by atoms with van der Waals surface area (Å²) in [5.41, 5.74) is 16.6. The number of hydrogen-bond acceptors (Lipinski definition) is 6. The smallest absolute Gasteiger partial charge is 0.230 e. The third-order valence-electron chi connectivity index (χ3n) is 4.21. The maximum absolute atomic E-state index is 13.1. The highest BCUT2D eigenvalue weighted by atomic mass is 16.5. The lowest BCUT2D eigenvalue weighted by atomic mass is 9.78. The van der Waals surface area contributed by atoms with Crippen LogP contribution in [0.25, 0.3) is 5.57 Å². The minimum Gasteiger partial charge on any atom is -0.399 e. The number of nitrogens with two attached hydrogens (primary N) is 3. The van der Waals surface area contributed by atoms with Gasteiger partial charge in [-0.25, -0.2) is 0 Å². The van der Waals surface area contributed by atoms with E-state index in [9.17, 15) is 15.0 Å². The van der Waals surface area contributed by atoms with Gasteiger partial charge >= 0.3 is 0 Å². The van der Waals surface area contributed by atoms with Crippen LogP contribution in [0.1, 0.15) is 15.9 Å². The number of rotatable bonds is 3. The van der Waals surface area contributed by atoms with Crippen LogP contribution in [0, 0.1) is 0 Å². The van der Waals surface area contributed by atoms with Crippen molar-refractivity contribution in [3.8, 4) is 0 Å². The number of carbonyl (C=O) groups is 1. The monoisotopic (exact) mass is 337 g/mol. The lowest BCUT2D eigenvalue weighted by molar-refractivity contribution is -0.162. The van der Waals surface area contributed by atoms with E-state index in [1.54, 1.807) is 36.4 Å². The summed E-state index contributed by atoms with van der Waals surface area (Å²) in [6, 6.07) is 15.1. The van der Waals surface area contributed by atoms with Crippen LogP contribution in [-0.2, 0) is 0 Å². The van der Waals surface area contributed by atoms with Gasteiger partial charge in [-0.3, -0.25) is 4.79 Å². The second-order valence-electron chi connectivity index (χ2n) is 6.05. The van der Waals surface area contributed by atoms with E-state index >= 15 is 0 Å². The number of carbonyl (C=O) groups excluding carboxylic acids is 1. The van der Waals surface area contributed by atoms with Gasteiger partial charge in [-0.2, -0.15) is 0 Å². The van der Waals surface area contributed by atoms with E-state index in [4.69, 9.17) is 17.2 Å². The van der Waals surface area contributed by atoms with E-state index in [-0.39, 0.29) is 11.1 Å². The van der Waals surface area contributed by atoms with Gasteiger partial charge in [0.05, 0.1) is 5.57 Å². The first-order chi connectivity index (χ1) is 11.7. The fourth-order valence-electron chi connectivity index (χ4n) is 2.79. The number of allylic oxidation sites excluding steroid dienone is 2. The molecule has 0 amide bonds. The minimum atomic E-state index is -2.76. The van der Waals surface area contributed by atoms with Gasteiger partial charge in [0.2, 0.25) is 5.79 Å². The van der Waals surface area contributed by atoms with E-state index in [1.165, 1.54) is 24.3 Å². The van der Waals surface area contributed by atoms with Gasteiger partial charge in [0.15, 0.2) is 5.78 Å². The largest absolute Gasteiger partial charge is 0.399 e. The van der Waals surface area contributed by atoms with Crippen LogP contribution in [-0.4, -0.2) is 27.4 Å². The van der Waals surface area contributed by atoms with Gasteiger partial charge in [-0.1, -0.05) is 48.5 Å². The highest BCUT2D eigenvalue weighted by molar-refractivity contribution is 6.16. The Kier molecular flexibility index (Phi) is 4.06. The maximum Gasteiger partial charge on any atom is 0.230 e. The van der Waals surface area contributed by atoms with Crippen LogP contribution in [0.4, 0.5) is 5.69 Å². The number of hydrogen-bond donors (Lipinski definition) is 5. The van der Waals surface area contributed by atoms with Crippen molar-refractivity contribution in [2.24, 2.45) is 11.5 Å². The Morgan fingerprint density at radius 3 is 2.28 bits per heavy atom. The summed E-state index contributed by atoms with van der Waals surface area (Å²) in [6.07, 6.45) is 2.80. The Balaban J connectivity index is 2.25. The number of ketones is 1. The zero-order valence-corrected chi connectivity index (χ0v) is 13.4. The molecule has 0 radical (unpaired) electrons. The van der Waals surface area contributed by atoms with Crippen LogP contribution in [0.3, 0.4) is 0 Å². The summed E-state index contributed by atoms with van der Waals surface area (Å²) in [6.45, 7) is 0. The molecule has 1 aliphatic rings. The molecule has 0 aromatic heterocycles. The molecule has 6 heteroatoms. The Morgan fingerprint density at radius 2 is 1.64 bits per heavy atom. The Morgan fingerprint density at radius 1 is 0.960 bits per heavy atom. The molecule has 0 saturated heterocycles. The van der Waals surface area contributed by atoms with Crippen molar-refractivity contribution in [3.05, 3.63) is 83.4 Å². The van der Waals surface area contributed by atoms with Gasteiger partial charge in [-0.05, 0) is 29.3 Å². The topological polar surface area (TPSA) is 136 Å². The molecule has 0 spiro atoms. The first kappa shape index (κ1) is 17.1. The molecule has 0 fully saturated rings. The zero-order chi connectivity index (χ0) is 18.2. The van der Waals surface area contributed by atoms with E-state index in [0.29, 0.717) is 16.8 Å². The first-order valence-corrected chi connectivity index (χ1v) is 7.66. The number of aliphatic hydroxyl groups is 2. The van der Waals surface area contributed by atoms with Crippen molar-refractivity contribution in [1.82, 2.24) is 0 Å². The van der Waals surface area contributed by atoms with E-state index < -0.39 is 17.2 Å². The van der Waals surface area contributed by atoms with Gasteiger partial charge in [0.1, 0.15) is 5.66 Å². The molecule has 0 aliphatic heterocycles. The van der Waals surface area contributed by atoms with Gasteiger partial charge in [0, 0.05) is 11.3 Å². The third kappa shape index (κ3) is 2.88. The number of anilines is 1. The van der Waals surface area contributed by atoms with Crippen molar-refractivity contribution >= 4 is 17.0 Å². The fourth-order valence-corrected chi connectivity index (χ4v) is 2.79. The van der Waals surface area contributed by atoms with Crippen molar-refractivity contribution in [2.45, 2.75) is 11.4 Å². The molecule has 2 aromatic rings. The minimum absolute atomic E-state index is 0.210. The summed E-state index contributed by atoms with van der Waals surface area (Å²) in [5, 5.41) is 21.3. The number of Topliss-reactive ketones (excluding diaryl/α,β-unsaturated/α-hetero) is 1. The van der Waals surface area contributed by atoms with Crippen LogP contribution in [0.5, 0.6) is 0 Å². The molecule has 0 heterocycles. The summed E-state index contributed by atoms with van der Waals surface area (Å²) >= 11 is 0. The van der Waals surface area contributed by atoms with E-state index in [0.717, 1.165) is 0 Å². The predicted molar refractivity (Wildman–Crippen MR) is 96.0 cm³/mol. The molecule has 8 N–H and O–H groups in total. The number of benzene rings is 2. The van der Waals surface area contributed by atoms with Crippen LogP contribution in [0.2, 0.25) is 0 Å². The zero-order valence-electron chi connectivity index (χ0n) is 13.4. The van der Waals surface area contributed by atoms with Crippen molar-refractivity contribution in [2.75, 3.05) is 5.73 Å². The van der Waals surface area contributed by atoms with Crippen molar-refractivity contribution in [3.63, 3.8) is 0 Å². The SMILES string of the molecule is Nc1cccc(C(=O)C2=C(c3ccccc3)C=CC(N)(N)C2(O)O)c1. The molecule has 1 aliphatic carbocycles. The molecular formula is C19H19N3O3. The lowest BCUT2D eigenvalue weighted by Gasteiger charge is -2.40. The molecule has 6 nitrogen and oxygen atoms in total. The Labute approximate surface area is 144 Å². The molecule has 0 saturated carbocycles. The van der Waals surface area contributed by atoms with Crippen LogP contribution < -0.4 is 17.2 Å². The standard InChI is InChI=1S/C19H19N3O3/c20-14-8-4-7-13(11-14)17(23)16-15(12-5-2-1-3-6-12)9-10-18(21,22)19(16,24)25/h1-11,24-25H,20-22H2. The normalized spacial score (nSPS) is 18.2. The molecule has 25 heavy (non-hydrogen) atoms. The molecular weight excluding hydrogens is 318 g/mol. The van der Waals surface area contributed by atoms with Gasteiger partial charge in [0.25, 0.3) is 0 Å². The molecule has 2 aromatic carbocycles. The second-order valence-corrected chi connectivity index (χ2v) is 6.05. The second kappa shape index (κ2) is 5.94. The van der Waals surface area contributed by atoms with Gasteiger partial charge < -0.3 is 27.4 Å². The molecule has 0 bridgehead atoms. The third-order valence-corrected chi connectivity index (χ3v) is 4.21. The predicted octanol–water partition coefficient (Wildman–Crippen LogP) is 0.770. The van der Waals surface area contributed by atoms with E-state index in [2.05, 4.69) is 0 Å². The lowest BCUT2D eigenvalue weighted by Crippen LogP contribution is -2.68. The van der Waals surface area contributed by atoms with Gasteiger partial charge in [-0.15, -0.1) is 0 Å². The Hall–Kier alpha value is -2.77. The van der Waals surface area contributed by atoms with E-state index in [1.807, 2.05) is 6.07 Å². The average molecular weight is 337 g/mol. The highest BCUT2D eigenvalue weighted by Gasteiger charge is 2.51. The summed E-state index contributed by atoms with van der Waals surface area (Å²) in [7, 11) is 0. The fraction of sp³-hybridized carbons (Fsp3) is 0.105. The van der Waals surface area contributed by atoms with Crippen LogP contribution >= 0.6 is 0 Å². The molecule has 3 rings (SSSR count). The Bertz CT molecular complexity index is 884. The van der Waals surface area contributed by atoms with Crippen LogP contribution in [0.15, 0.2) is 72.3 Å². The summed E-state index contributed by atoms with van der Waals surface area (Å²) in [4.78, 5) is 13.1. The molecule has 0 unspecified atom stereocenters. The number of nitrogen functional groups attached to an aromatic ring is 1. The van der Waals surface area contributed by atoms with Crippen molar-refractivity contribution < 1.29 is 15.0 Å². The highest BCUT2D eigenvalue weighted by Crippen LogP contribution is 2.37. The molecule has 128 valence electrons. The quantitative estimate of drug-likeness (QED) is 0.319. The average Bonchev–Trinajstić information content (AvgIpc) is 2.57. The first-order valence-electron chi connectivity index (χ1n) is 7.66. The molecule has 0 atom stereocenters. The summed E-state index contributed by atoms with van der Waals surface area (Å²) < 4.78 is 0. The van der Waals surface area contributed by atoms with Crippen molar-refractivity contribution in [1.29, 1.82) is 0 Å². The summed E-state index contributed by atoms with van der Waals surface area (Å²) in [5.74, 6) is -3.37. The maximum atomic E-state index is 13.1.